The van der Waals surface area contributed by atoms with E-state index in [9.17, 15) is 9.18 Å². The Morgan fingerprint density at radius 2 is 2.15 bits per heavy atom. The molecule has 0 spiro atoms. The molecular weight excluding hydrogens is 257 g/mol. The fraction of sp³-hybridized carbons (Fsp3) is 0.562. The molecular formula is C16H20FNO2. The lowest BCUT2D eigenvalue weighted by atomic mass is 9.96. The van der Waals surface area contributed by atoms with Crippen molar-refractivity contribution in [3.8, 4) is 0 Å². The van der Waals surface area contributed by atoms with Gasteiger partial charge in [-0.2, -0.15) is 0 Å². The average molecular weight is 277 g/mol. The van der Waals surface area contributed by atoms with Crippen LogP contribution in [0.5, 0.6) is 0 Å². The normalized spacial score (nSPS) is 29.0. The van der Waals surface area contributed by atoms with E-state index in [2.05, 4.69) is 0 Å². The van der Waals surface area contributed by atoms with Crippen LogP contribution in [0.3, 0.4) is 0 Å². The number of alkyl halides is 1. The van der Waals surface area contributed by atoms with E-state index < -0.39 is 12.3 Å². The van der Waals surface area contributed by atoms with Crippen molar-refractivity contribution in [2.75, 3.05) is 13.7 Å². The summed E-state index contributed by atoms with van der Waals surface area (Å²) in [6.07, 6.45) is 1.52. The van der Waals surface area contributed by atoms with E-state index >= 15 is 0 Å². The molecule has 1 aliphatic heterocycles. The minimum atomic E-state index is -0.900. The molecule has 1 fully saturated rings. The van der Waals surface area contributed by atoms with Gasteiger partial charge in [0.25, 0.3) is 5.91 Å². The zero-order chi connectivity index (χ0) is 14.1. The molecule has 0 saturated heterocycles. The molecule has 1 saturated carbocycles. The fourth-order valence-electron chi connectivity index (χ4n) is 3.28. The first-order chi connectivity index (χ1) is 9.68. The summed E-state index contributed by atoms with van der Waals surface area (Å²) in [6.45, 7) is 0.547. The number of rotatable bonds is 2. The summed E-state index contributed by atoms with van der Waals surface area (Å²) in [5.74, 6) is -0.119. The van der Waals surface area contributed by atoms with Gasteiger partial charge >= 0.3 is 0 Å². The highest BCUT2D eigenvalue weighted by atomic mass is 19.1. The van der Waals surface area contributed by atoms with Gasteiger partial charge < -0.3 is 9.64 Å². The third-order valence-electron chi connectivity index (χ3n) is 4.46. The molecule has 1 amide bonds. The first-order valence-corrected chi connectivity index (χ1v) is 7.28. The van der Waals surface area contributed by atoms with Crippen molar-refractivity contribution in [3.05, 3.63) is 35.4 Å². The SMILES string of the molecule is CN(C(=O)C1OCCc2ccccc21)C1CCCC1F. The van der Waals surface area contributed by atoms with Crippen LogP contribution in [0.4, 0.5) is 4.39 Å². The van der Waals surface area contributed by atoms with Crippen molar-refractivity contribution in [1.82, 2.24) is 4.90 Å². The maximum atomic E-state index is 13.8. The number of halogens is 1. The Hall–Kier alpha value is -1.42. The van der Waals surface area contributed by atoms with Gasteiger partial charge in [0, 0.05) is 7.05 Å². The second-order valence-electron chi connectivity index (χ2n) is 5.66. The molecule has 4 heteroatoms. The molecule has 0 radical (unpaired) electrons. The van der Waals surface area contributed by atoms with Crippen molar-refractivity contribution in [2.24, 2.45) is 0 Å². The van der Waals surface area contributed by atoms with Gasteiger partial charge in [0.05, 0.1) is 12.6 Å². The largest absolute Gasteiger partial charge is 0.363 e. The first-order valence-electron chi connectivity index (χ1n) is 7.28. The van der Waals surface area contributed by atoms with E-state index in [1.165, 1.54) is 0 Å². The highest BCUT2D eigenvalue weighted by Gasteiger charge is 2.37. The minimum absolute atomic E-state index is 0.119. The number of hydrogen-bond donors (Lipinski definition) is 0. The van der Waals surface area contributed by atoms with Crippen LogP contribution in [-0.4, -0.2) is 36.7 Å². The predicted octanol–water partition coefficient (Wildman–Crippen LogP) is 2.65. The van der Waals surface area contributed by atoms with Crippen molar-refractivity contribution >= 4 is 5.91 Å². The summed E-state index contributed by atoms with van der Waals surface area (Å²) < 4.78 is 19.5. The smallest absolute Gasteiger partial charge is 0.256 e. The predicted molar refractivity (Wildman–Crippen MR) is 74.1 cm³/mol. The van der Waals surface area contributed by atoms with Crippen LogP contribution in [0.25, 0.3) is 0 Å². The first kappa shape index (κ1) is 13.6. The number of ether oxygens (including phenoxy) is 1. The molecule has 3 rings (SSSR count). The summed E-state index contributed by atoms with van der Waals surface area (Å²) in [7, 11) is 1.70. The number of likely N-dealkylation sites (N-methyl/N-ethyl adjacent to an activating group) is 1. The molecule has 3 atom stereocenters. The highest BCUT2D eigenvalue weighted by Crippen LogP contribution is 2.32. The second kappa shape index (κ2) is 5.52. The number of benzene rings is 1. The lowest BCUT2D eigenvalue weighted by Crippen LogP contribution is -2.44. The van der Waals surface area contributed by atoms with Crippen molar-refractivity contribution in [3.63, 3.8) is 0 Å². The maximum Gasteiger partial charge on any atom is 0.256 e. The molecule has 0 aromatic heterocycles. The quantitative estimate of drug-likeness (QED) is 0.831. The van der Waals surface area contributed by atoms with Crippen LogP contribution in [-0.2, 0) is 16.0 Å². The summed E-state index contributed by atoms with van der Waals surface area (Å²) in [5.41, 5.74) is 2.10. The molecule has 108 valence electrons. The van der Waals surface area contributed by atoms with Gasteiger partial charge in [0.2, 0.25) is 0 Å². The number of fused-ring (bicyclic) bond motifs is 1. The zero-order valence-corrected chi connectivity index (χ0v) is 11.7. The summed E-state index contributed by atoms with van der Waals surface area (Å²) >= 11 is 0. The summed E-state index contributed by atoms with van der Waals surface area (Å²) in [5, 5.41) is 0. The van der Waals surface area contributed by atoms with Crippen LogP contribution < -0.4 is 0 Å². The van der Waals surface area contributed by atoms with E-state index in [1.807, 2.05) is 24.3 Å². The molecule has 1 aliphatic carbocycles. The molecule has 0 N–H and O–H groups in total. The van der Waals surface area contributed by atoms with E-state index in [0.29, 0.717) is 13.0 Å². The van der Waals surface area contributed by atoms with Crippen LogP contribution >= 0.6 is 0 Å². The Morgan fingerprint density at radius 1 is 1.35 bits per heavy atom. The average Bonchev–Trinajstić information content (AvgIpc) is 2.91. The van der Waals surface area contributed by atoms with E-state index in [1.54, 1.807) is 11.9 Å². The van der Waals surface area contributed by atoms with E-state index in [-0.39, 0.29) is 11.9 Å². The van der Waals surface area contributed by atoms with Gasteiger partial charge in [-0.05, 0) is 36.8 Å². The van der Waals surface area contributed by atoms with Crippen LogP contribution in [0.2, 0.25) is 0 Å². The maximum absolute atomic E-state index is 13.8. The van der Waals surface area contributed by atoms with Crippen LogP contribution in [0.1, 0.15) is 36.5 Å². The van der Waals surface area contributed by atoms with Gasteiger partial charge in [0.15, 0.2) is 6.10 Å². The number of carbonyl (C=O) groups excluding carboxylic acids is 1. The molecule has 3 unspecified atom stereocenters. The third kappa shape index (κ3) is 2.33. The Labute approximate surface area is 118 Å². The van der Waals surface area contributed by atoms with E-state index in [4.69, 9.17) is 4.74 Å². The number of nitrogens with zero attached hydrogens (tertiary/aromatic N) is 1. The second-order valence-corrected chi connectivity index (χ2v) is 5.66. The van der Waals surface area contributed by atoms with Gasteiger partial charge in [-0.3, -0.25) is 4.79 Å². The third-order valence-corrected chi connectivity index (χ3v) is 4.46. The van der Waals surface area contributed by atoms with Crippen molar-refractivity contribution in [2.45, 2.75) is 44.0 Å². The van der Waals surface area contributed by atoms with Crippen LogP contribution in [0, 0.1) is 0 Å². The molecule has 3 nitrogen and oxygen atoms in total. The van der Waals surface area contributed by atoms with Crippen molar-refractivity contribution < 1.29 is 13.9 Å². The molecule has 1 heterocycles. The standard InChI is InChI=1S/C16H20FNO2/c1-18(14-8-4-7-13(14)17)16(19)15-12-6-3-2-5-11(12)9-10-20-15/h2-3,5-6,13-15H,4,7-10H2,1H3. The Morgan fingerprint density at radius 3 is 2.90 bits per heavy atom. The Kier molecular flexibility index (Phi) is 3.74. The Balaban J connectivity index is 1.81. The Bertz CT molecular complexity index is 505. The molecule has 1 aromatic rings. The zero-order valence-electron chi connectivity index (χ0n) is 11.7. The number of hydrogen-bond acceptors (Lipinski definition) is 2. The molecule has 20 heavy (non-hydrogen) atoms. The minimum Gasteiger partial charge on any atom is -0.363 e. The van der Waals surface area contributed by atoms with Gasteiger partial charge in [-0.25, -0.2) is 4.39 Å². The van der Waals surface area contributed by atoms with Gasteiger partial charge in [-0.15, -0.1) is 0 Å². The topological polar surface area (TPSA) is 29.5 Å². The number of carbonyl (C=O) groups is 1. The summed E-state index contributed by atoms with van der Waals surface area (Å²) in [6, 6.07) is 7.57. The summed E-state index contributed by atoms with van der Waals surface area (Å²) in [4.78, 5) is 14.2. The van der Waals surface area contributed by atoms with Crippen molar-refractivity contribution in [1.29, 1.82) is 0 Å². The highest BCUT2D eigenvalue weighted by molar-refractivity contribution is 5.83. The molecule has 2 aliphatic rings. The fourth-order valence-corrected chi connectivity index (χ4v) is 3.28. The lowest BCUT2D eigenvalue weighted by molar-refractivity contribution is -0.146. The van der Waals surface area contributed by atoms with Gasteiger partial charge in [0.1, 0.15) is 6.17 Å². The lowest BCUT2D eigenvalue weighted by Gasteiger charge is -2.32. The molecule has 0 bridgehead atoms. The molecule has 1 aromatic carbocycles. The number of amides is 1. The van der Waals surface area contributed by atoms with E-state index in [0.717, 1.165) is 30.4 Å². The van der Waals surface area contributed by atoms with Crippen LogP contribution in [0.15, 0.2) is 24.3 Å². The van der Waals surface area contributed by atoms with Gasteiger partial charge in [-0.1, -0.05) is 24.3 Å². The monoisotopic (exact) mass is 277 g/mol.